The standard InChI is InChI=1S/C3H7BrO2S/c1-3(2,4)7(5)6/h1-2H3,(H,5,6). The Balaban J connectivity index is 3.79. The zero-order valence-corrected chi connectivity index (χ0v) is 6.54. The Morgan fingerprint density at radius 2 is 1.86 bits per heavy atom. The van der Waals surface area contributed by atoms with Gasteiger partial charge < -0.3 is 4.55 Å². The first kappa shape index (κ1) is 7.59. The van der Waals surface area contributed by atoms with E-state index in [-0.39, 0.29) is 0 Å². The molecular formula is C3H7BrO2S. The van der Waals surface area contributed by atoms with Crippen molar-refractivity contribution < 1.29 is 8.76 Å². The van der Waals surface area contributed by atoms with E-state index in [9.17, 15) is 4.21 Å². The Labute approximate surface area is 53.7 Å². The van der Waals surface area contributed by atoms with E-state index in [4.69, 9.17) is 4.55 Å². The van der Waals surface area contributed by atoms with Gasteiger partial charge in [-0.25, -0.2) is 4.21 Å². The summed E-state index contributed by atoms with van der Waals surface area (Å²) in [6, 6.07) is 0. The molecule has 0 fully saturated rings. The summed E-state index contributed by atoms with van der Waals surface area (Å²) in [5.74, 6) is 0. The van der Waals surface area contributed by atoms with Crippen LogP contribution in [0.3, 0.4) is 0 Å². The summed E-state index contributed by atoms with van der Waals surface area (Å²) < 4.78 is 17.7. The Hall–Kier alpha value is 0.590. The molecule has 44 valence electrons. The van der Waals surface area contributed by atoms with E-state index < -0.39 is 14.7 Å². The van der Waals surface area contributed by atoms with Crippen LogP contribution in [-0.2, 0) is 11.1 Å². The quantitative estimate of drug-likeness (QED) is 0.496. The van der Waals surface area contributed by atoms with E-state index >= 15 is 0 Å². The fraction of sp³-hybridized carbons (Fsp3) is 1.00. The zero-order chi connectivity index (χ0) is 6.08. The molecular weight excluding hydrogens is 180 g/mol. The van der Waals surface area contributed by atoms with E-state index in [2.05, 4.69) is 15.9 Å². The number of halogens is 1. The highest BCUT2D eigenvalue weighted by Gasteiger charge is 2.18. The lowest BCUT2D eigenvalue weighted by molar-refractivity contribution is 0.551. The van der Waals surface area contributed by atoms with E-state index in [0.29, 0.717) is 0 Å². The second kappa shape index (κ2) is 2.24. The van der Waals surface area contributed by atoms with Crippen LogP contribution < -0.4 is 0 Å². The molecule has 0 aliphatic heterocycles. The Morgan fingerprint density at radius 3 is 1.86 bits per heavy atom. The maximum atomic E-state index is 10.1. The highest BCUT2D eigenvalue weighted by atomic mass is 79.9. The third-order valence-corrected chi connectivity index (χ3v) is 2.08. The molecule has 0 aromatic rings. The average molecular weight is 187 g/mol. The predicted molar refractivity (Wildman–Crippen MR) is 33.8 cm³/mol. The molecule has 0 aliphatic carbocycles. The Kier molecular flexibility index (Phi) is 2.43. The van der Waals surface area contributed by atoms with Crippen molar-refractivity contribution in [3.8, 4) is 0 Å². The molecule has 0 aromatic heterocycles. The lowest BCUT2D eigenvalue weighted by atomic mass is 10.6. The smallest absolute Gasteiger partial charge is 0.169 e. The van der Waals surface area contributed by atoms with Crippen LogP contribution in [0.5, 0.6) is 0 Å². The molecule has 2 nitrogen and oxygen atoms in total. The molecule has 0 spiro atoms. The zero-order valence-electron chi connectivity index (χ0n) is 4.14. The summed E-state index contributed by atoms with van der Waals surface area (Å²) in [6.45, 7) is 3.26. The minimum absolute atomic E-state index is 0.660. The third kappa shape index (κ3) is 3.20. The van der Waals surface area contributed by atoms with Crippen LogP contribution in [0.1, 0.15) is 13.8 Å². The van der Waals surface area contributed by atoms with Crippen molar-refractivity contribution in [1.29, 1.82) is 0 Å². The van der Waals surface area contributed by atoms with Gasteiger partial charge in [-0.15, -0.1) is 0 Å². The van der Waals surface area contributed by atoms with Gasteiger partial charge in [-0.05, 0) is 13.8 Å². The molecule has 7 heavy (non-hydrogen) atoms. The van der Waals surface area contributed by atoms with Crippen LogP contribution >= 0.6 is 15.9 Å². The molecule has 1 atom stereocenters. The topological polar surface area (TPSA) is 37.3 Å². The fourth-order valence-electron chi connectivity index (χ4n) is 0. The first-order chi connectivity index (χ1) is 2.94. The van der Waals surface area contributed by atoms with Gasteiger partial charge in [0.15, 0.2) is 11.1 Å². The van der Waals surface area contributed by atoms with E-state index in [1.54, 1.807) is 13.8 Å². The summed E-state index contributed by atoms with van der Waals surface area (Å²) in [5.41, 5.74) is 0. The second-order valence-electron chi connectivity index (χ2n) is 1.61. The van der Waals surface area contributed by atoms with Gasteiger partial charge in [0.05, 0.1) is 0 Å². The fourth-order valence-corrected chi connectivity index (χ4v) is 0. The van der Waals surface area contributed by atoms with Crippen LogP contribution in [0.2, 0.25) is 0 Å². The van der Waals surface area contributed by atoms with Crippen molar-refractivity contribution >= 4 is 27.0 Å². The van der Waals surface area contributed by atoms with Crippen molar-refractivity contribution in [3.63, 3.8) is 0 Å². The maximum Gasteiger partial charge on any atom is 0.169 e. The summed E-state index contributed by atoms with van der Waals surface area (Å²) in [7, 11) is 0. The molecule has 0 amide bonds. The highest BCUT2D eigenvalue weighted by molar-refractivity contribution is 9.11. The SMILES string of the molecule is CC(C)(Br)S(=O)O. The minimum atomic E-state index is -1.77. The summed E-state index contributed by atoms with van der Waals surface area (Å²) in [4.78, 5) is 0. The first-order valence-electron chi connectivity index (χ1n) is 1.74. The predicted octanol–water partition coefficient (Wildman–Crippen LogP) is 1.34. The molecule has 0 radical (unpaired) electrons. The van der Waals surface area contributed by atoms with Crippen LogP contribution in [0.15, 0.2) is 0 Å². The van der Waals surface area contributed by atoms with Crippen molar-refractivity contribution in [1.82, 2.24) is 0 Å². The lowest BCUT2D eigenvalue weighted by Gasteiger charge is -2.07. The van der Waals surface area contributed by atoms with Gasteiger partial charge in [0.2, 0.25) is 0 Å². The summed E-state index contributed by atoms with van der Waals surface area (Å²) in [5, 5.41) is 0. The van der Waals surface area contributed by atoms with Gasteiger partial charge in [0, 0.05) is 0 Å². The summed E-state index contributed by atoms with van der Waals surface area (Å²) in [6.07, 6.45) is 0. The third-order valence-electron chi connectivity index (χ3n) is 0.415. The molecule has 0 bridgehead atoms. The minimum Gasteiger partial charge on any atom is -0.305 e. The van der Waals surface area contributed by atoms with Crippen LogP contribution in [0, 0.1) is 0 Å². The molecule has 0 rings (SSSR count). The molecule has 0 aromatic carbocycles. The first-order valence-corrected chi connectivity index (χ1v) is 3.64. The van der Waals surface area contributed by atoms with Gasteiger partial charge in [0.25, 0.3) is 0 Å². The van der Waals surface area contributed by atoms with E-state index in [1.807, 2.05) is 0 Å². The van der Waals surface area contributed by atoms with Crippen molar-refractivity contribution in [3.05, 3.63) is 0 Å². The van der Waals surface area contributed by atoms with Crippen LogP contribution in [0.4, 0.5) is 0 Å². The normalized spacial score (nSPS) is 16.6. The van der Waals surface area contributed by atoms with Gasteiger partial charge in [-0.2, -0.15) is 0 Å². The number of rotatable bonds is 1. The van der Waals surface area contributed by atoms with Crippen molar-refractivity contribution in [2.45, 2.75) is 17.5 Å². The molecule has 0 saturated carbocycles. The van der Waals surface area contributed by atoms with Gasteiger partial charge >= 0.3 is 0 Å². The van der Waals surface area contributed by atoms with Gasteiger partial charge in [-0.3, -0.25) is 0 Å². The Morgan fingerprint density at radius 1 is 1.71 bits per heavy atom. The monoisotopic (exact) mass is 186 g/mol. The molecule has 1 unspecified atom stereocenters. The van der Waals surface area contributed by atoms with Crippen LogP contribution in [-0.4, -0.2) is 12.4 Å². The number of hydrogen-bond donors (Lipinski definition) is 1. The maximum absolute atomic E-state index is 10.1. The summed E-state index contributed by atoms with van der Waals surface area (Å²) >= 11 is 1.23. The molecule has 0 aliphatic rings. The highest BCUT2D eigenvalue weighted by Crippen LogP contribution is 2.17. The van der Waals surface area contributed by atoms with Gasteiger partial charge in [0.1, 0.15) is 3.66 Å². The van der Waals surface area contributed by atoms with Crippen molar-refractivity contribution in [2.24, 2.45) is 0 Å². The molecule has 0 saturated heterocycles. The second-order valence-corrected chi connectivity index (χ2v) is 5.64. The average Bonchev–Trinajstić information content (AvgIpc) is 1.31. The number of alkyl halides is 1. The van der Waals surface area contributed by atoms with E-state index in [0.717, 1.165) is 0 Å². The van der Waals surface area contributed by atoms with Gasteiger partial charge in [-0.1, -0.05) is 15.9 Å². The van der Waals surface area contributed by atoms with Crippen LogP contribution in [0.25, 0.3) is 0 Å². The number of hydrogen-bond acceptors (Lipinski definition) is 1. The molecule has 4 heteroatoms. The lowest BCUT2D eigenvalue weighted by Crippen LogP contribution is -2.15. The molecule has 0 heterocycles. The van der Waals surface area contributed by atoms with E-state index in [1.165, 1.54) is 0 Å². The largest absolute Gasteiger partial charge is 0.305 e. The Bertz CT molecular complexity index is 85.4. The van der Waals surface area contributed by atoms with Crippen molar-refractivity contribution in [2.75, 3.05) is 0 Å². The molecule has 1 N–H and O–H groups in total.